The Bertz CT molecular complexity index is 803. The number of halogens is 2. The van der Waals surface area contributed by atoms with Crippen molar-refractivity contribution in [3.63, 3.8) is 0 Å². The monoisotopic (exact) mass is 340 g/mol. The van der Waals surface area contributed by atoms with E-state index in [1.54, 1.807) is 25.3 Å². The van der Waals surface area contributed by atoms with Crippen molar-refractivity contribution >= 4 is 63.0 Å². The van der Waals surface area contributed by atoms with E-state index >= 15 is 0 Å². The first kappa shape index (κ1) is 14.2. The molecule has 5 nitrogen and oxygen atoms in total. The molecule has 2 aromatic carbocycles. The third kappa shape index (κ3) is 2.57. The molecule has 3 N–H and O–H groups in total. The van der Waals surface area contributed by atoms with Crippen LogP contribution in [0.25, 0.3) is 0 Å². The second-order valence-electron chi connectivity index (χ2n) is 4.25. The van der Waals surface area contributed by atoms with Crippen LogP contribution < -0.4 is 15.8 Å². The summed E-state index contributed by atoms with van der Waals surface area (Å²) < 4.78 is 13.5. The molecule has 0 radical (unpaired) electrons. The van der Waals surface area contributed by atoms with Gasteiger partial charge in [-0.05, 0) is 18.2 Å². The maximum atomic E-state index is 6.25. The van der Waals surface area contributed by atoms with Crippen molar-refractivity contribution < 1.29 is 4.74 Å². The normalized spacial score (nSPS) is 12.0. The fourth-order valence-corrected chi connectivity index (χ4v) is 3.07. The fraction of sp³-hybridized carbons (Fsp3) is 0.0769. The van der Waals surface area contributed by atoms with Crippen LogP contribution in [0, 0.1) is 0 Å². The smallest absolute Gasteiger partial charge is 0.131 e. The number of fused-ring (bicyclic) bond motifs is 1. The van der Waals surface area contributed by atoms with E-state index in [1.165, 1.54) is 0 Å². The van der Waals surface area contributed by atoms with Crippen molar-refractivity contribution in [2.24, 2.45) is 8.73 Å². The molecular weight excluding hydrogens is 331 g/mol. The summed E-state index contributed by atoms with van der Waals surface area (Å²) in [5.74, 6) is 0.681. The number of nitrogens with one attached hydrogen (secondary N) is 1. The molecule has 0 amide bonds. The number of hydrogen-bond donors (Lipinski definition) is 2. The van der Waals surface area contributed by atoms with E-state index in [1.807, 2.05) is 6.07 Å². The van der Waals surface area contributed by atoms with Gasteiger partial charge in [-0.1, -0.05) is 23.2 Å². The zero-order chi connectivity index (χ0) is 15.0. The van der Waals surface area contributed by atoms with Gasteiger partial charge in [0.05, 0.1) is 45.6 Å². The molecule has 21 heavy (non-hydrogen) atoms. The van der Waals surface area contributed by atoms with Gasteiger partial charge < -0.3 is 15.8 Å². The lowest BCUT2D eigenvalue weighted by Gasteiger charge is -2.14. The minimum absolute atomic E-state index is 0.454. The highest BCUT2D eigenvalue weighted by molar-refractivity contribution is 7.58. The number of rotatable bonds is 3. The molecule has 1 aliphatic rings. The Balaban J connectivity index is 2.04. The number of nitrogens with two attached hydrogens (primary N) is 1. The maximum absolute atomic E-state index is 6.25. The Morgan fingerprint density at radius 2 is 1.90 bits per heavy atom. The summed E-state index contributed by atoms with van der Waals surface area (Å²) in [5.41, 5.74) is 9.10. The van der Waals surface area contributed by atoms with E-state index < -0.39 is 0 Å². The van der Waals surface area contributed by atoms with E-state index in [0.29, 0.717) is 44.2 Å². The molecule has 8 heteroatoms. The molecule has 0 aliphatic carbocycles. The van der Waals surface area contributed by atoms with Gasteiger partial charge in [-0.2, -0.15) is 8.73 Å². The molecule has 0 spiro atoms. The summed E-state index contributed by atoms with van der Waals surface area (Å²) in [5, 5.41) is 4.10. The number of hydrogen-bond acceptors (Lipinski definition) is 5. The first-order valence-corrected chi connectivity index (χ1v) is 7.39. The van der Waals surface area contributed by atoms with Crippen LogP contribution in [-0.2, 0) is 11.4 Å². The zero-order valence-corrected chi connectivity index (χ0v) is 13.2. The SMILES string of the molecule is COc1ccc(Nc2c(Cl)cc(Cl)c3c2N=S=N3)c(N)c1. The van der Waals surface area contributed by atoms with Gasteiger partial charge in [0, 0.05) is 6.07 Å². The standard InChI is InChI=1S/C13H10Cl2N4OS/c1-20-6-2-3-10(9(16)4-6)17-11-7(14)5-8(15)12-13(11)19-21-18-12/h2-5,17H,16H2,1H3. The first-order chi connectivity index (χ1) is 10.1. The zero-order valence-electron chi connectivity index (χ0n) is 10.9. The minimum Gasteiger partial charge on any atom is -0.497 e. The highest BCUT2D eigenvalue weighted by atomic mass is 35.5. The Kier molecular flexibility index (Phi) is 3.75. The molecular formula is C13H10Cl2N4OS. The second-order valence-corrected chi connectivity index (χ2v) is 5.60. The maximum Gasteiger partial charge on any atom is 0.131 e. The van der Waals surface area contributed by atoms with Gasteiger partial charge >= 0.3 is 0 Å². The van der Waals surface area contributed by atoms with E-state index in [0.717, 1.165) is 11.4 Å². The summed E-state index contributed by atoms with van der Waals surface area (Å²) in [6, 6.07) is 6.97. The topological polar surface area (TPSA) is 72.0 Å². The molecule has 1 heterocycles. The number of anilines is 3. The molecule has 1 aliphatic heterocycles. The summed E-state index contributed by atoms with van der Waals surface area (Å²) in [6.07, 6.45) is 0. The predicted molar refractivity (Wildman–Crippen MR) is 88.7 cm³/mol. The van der Waals surface area contributed by atoms with Crippen molar-refractivity contribution in [1.29, 1.82) is 0 Å². The molecule has 0 unspecified atom stereocenters. The quantitative estimate of drug-likeness (QED) is 0.655. The van der Waals surface area contributed by atoms with Crippen molar-refractivity contribution in [3.8, 4) is 5.75 Å². The van der Waals surface area contributed by atoms with E-state index in [-0.39, 0.29) is 0 Å². The number of methoxy groups -OCH3 is 1. The predicted octanol–water partition coefficient (Wildman–Crippen LogP) is 5.05. The first-order valence-electron chi connectivity index (χ1n) is 5.91. The minimum atomic E-state index is 0.454. The van der Waals surface area contributed by atoms with Crippen LogP contribution in [0.15, 0.2) is 33.0 Å². The average Bonchev–Trinajstić information content (AvgIpc) is 2.94. The van der Waals surface area contributed by atoms with E-state index in [2.05, 4.69) is 14.0 Å². The molecule has 0 saturated carbocycles. The van der Waals surface area contributed by atoms with Crippen LogP contribution in [-0.4, -0.2) is 7.11 Å². The lowest BCUT2D eigenvalue weighted by atomic mass is 10.2. The Hall–Kier alpha value is -1.76. The molecule has 0 bridgehead atoms. The Morgan fingerprint density at radius 3 is 2.62 bits per heavy atom. The van der Waals surface area contributed by atoms with Gasteiger partial charge in [0.1, 0.15) is 17.1 Å². The van der Waals surface area contributed by atoms with Crippen molar-refractivity contribution in [2.45, 2.75) is 0 Å². The van der Waals surface area contributed by atoms with Crippen LogP contribution >= 0.6 is 23.2 Å². The summed E-state index contributed by atoms with van der Waals surface area (Å²) in [6.45, 7) is 0. The largest absolute Gasteiger partial charge is 0.497 e. The number of ether oxygens (including phenoxy) is 1. The van der Waals surface area contributed by atoms with Crippen molar-refractivity contribution in [2.75, 3.05) is 18.2 Å². The number of nitrogens with zero attached hydrogens (tertiary/aromatic N) is 2. The molecule has 0 atom stereocenters. The van der Waals surface area contributed by atoms with Crippen LogP contribution in [0.5, 0.6) is 5.75 Å². The van der Waals surface area contributed by atoms with Crippen LogP contribution in [0.2, 0.25) is 10.0 Å². The summed E-state index contributed by atoms with van der Waals surface area (Å²) in [4.78, 5) is 0. The van der Waals surface area contributed by atoms with E-state index in [9.17, 15) is 0 Å². The van der Waals surface area contributed by atoms with Gasteiger partial charge in [-0.25, -0.2) is 0 Å². The lowest BCUT2D eigenvalue weighted by molar-refractivity contribution is 0.415. The summed E-state index contributed by atoms with van der Waals surface area (Å²) >= 11 is 13.4. The second kappa shape index (κ2) is 5.55. The fourth-order valence-electron chi connectivity index (χ4n) is 1.91. The van der Waals surface area contributed by atoms with Gasteiger partial charge in [0.15, 0.2) is 0 Å². The number of nitrogen functional groups attached to an aromatic ring is 1. The van der Waals surface area contributed by atoms with Gasteiger partial charge in [0.2, 0.25) is 0 Å². The highest BCUT2D eigenvalue weighted by Gasteiger charge is 2.19. The Morgan fingerprint density at radius 1 is 1.14 bits per heavy atom. The summed E-state index contributed by atoms with van der Waals surface area (Å²) in [7, 11) is 1.59. The lowest BCUT2D eigenvalue weighted by Crippen LogP contribution is -1.98. The molecule has 3 rings (SSSR count). The van der Waals surface area contributed by atoms with Gasteiger partial charge in [-0.15, -0.1) is 0 Å². The molecule has 2 aromatic rings. The highest BCUT2D eigenvalue weighted by Crippen LogP contribution is 2.48. The van der Waals surface area contributed by atoms with Crippen molar-refractivity contribution in [3.05, 3.63) is 34.3 Å². The molecule has 108 valence electrons. The molecule has 0 aromatic heterocycles. The Labute approximate surface area is 134 Å². The molecule has 0 fully saturated rings. The van der Waals surface area contributed by atoms with Crippen molar-refractivity contribution in [1.82, 2.24) is 0 Å². The van der Waals surface area contributed by atoms with Gasteiger partial charge in [-0.3, -0.25) is 0 Å². The molecule has 0 saturated heterocycles. The van der Waals surface area contributed by atoms with Crippen LogP contribution in [0.1, 0.15) is 0 Å². The third-order valence-electron chi connectivity index (χ3n) is 2.96. The van der Waals surface area contributed by atoms with Crippen LogP contribution in [0.3, 0.4) is 0 Å². The third-order valence-corrected chi connectivity index (χ3v) is 4.08. The average molecular weight is 341 g/mol. The van der Waals surface area contributed by atoms with Gasteiger partial charge in [0.25, 0.3) is 0 Å². The van der Waals surface area contributed by atoms with Crippen LogP contribution in [0.4, 0.5) is 28.4 Å². The number of benzene rings is 2. The van der Waals surface area contributed by atoms with E-state index in [4.69, 9.17) is 33.7 Å².